The number of allylic oxidation sites excluding steroid dienone is 1. The van der Waals surface area contributed by atoms with E-state index in [1.807, 2.05) is 53.2 Å². The van der Waals surface area contributed by atoms with Gasteiger partial charge in [0.1, 0.15) is 0 Å². The SMILES string of the molecule is C=C/C=c1/c(-c2cc(-c3ccccc3)nc(N)n2)cn(CCOC)/c1=C/N. The molecule has 4 N–H and O–H groups in total. The van der Waals surface area contributed by atoms with Crippen LogP contribution in [0.1, 0.15) is 0 Å². The van der Waals surface area contributed by atoms with Crippen molar-refractivity contribution < 1.29 is 4.74 Å². The number of aromatic nitrogens is 3. The summed E-state index contributed by atoms with van der Waals surface area (Å²) in [6, 6.07) is 11.8. The van der Waals surface area contributed by atoms with Crippen LogP contribution in [0.5, 0.6) is 0 Å². The summed E-state index contributed by atoms with van der Waals surface area (Å²) < 4.78 is 7.24. The van der Waals surface area contributed by atoms with Gasteiger partial charge in [-0.25, -0.2) is 9.97 Å². The summed E-state index contributed by atoms with van der Waals surface area (Å²) in [4.78, 5) is 8.84. The molecule has 0 aliphatic carbocycles. The standard InChI is InChI=1S/C21H23N5O/c1-3-7-16-17(14-26(10-11-27-2)20(16)13-22)19-12-18(24-21(23)25-19)15-8-5-4-6-9-15/h3-9,12-14H,1,10-11,22H2,2H3,(H2,23,24,25)/b16-7-,20-13+. The quantitative estimate of drug-likeness (QED) is 0.694. The number of nitrogens with two attached hydrogens (primary N) is 2. The summed E-state index contributed by atoms with van der Waals surface area (Å²) in [5.74, 6) is 0.221. The minimum absolute atomic E-state index is 0.221. The van der Waals surface area contributed by atoms with Gasteiger partial charge in [0.25, 0.3) is 0 Å². The average Bonchev–Trinajstić information content (AvgIpc) is 3.04. The largest absolute Gasteiger partial charge is 0.403 e. The van der Waals surface area contributed by atoms with E-state index in [4.69, 9.17) is 16.2 Å². The number of benzene rings is 1. The highest BCUT2D eigenvalue weighted by molar-refractivity contribution is 5.70. The van der Waals surface area contributed by atoms with Gasteiger partial charge in [0.05, 0.1) is 23.3 Å². The summed E-state index contributed by atoms with van der Waals surface area (Å²) in [5, 5.41) is 1.81. The van der Waals surface area contributed by atoms with Crippen LogP contribution in [0, 0.1) is 0 Å². The van der Waals surface area contributed by atoms with Crippen LogP contribution < -0.4 is 22.0 Å². The Morgan fingerprint density at radius 1 is 1.19 bits per heavy atom. The van der Waals surface area contributed by atoms with Crippen molar-refractivity contribution in [2.45, 2.75) is 6.54 Å². The maximum atomic E-state index is 6.00. The van der Waals surface area contributed by atoms with E-state index in [1.165, 1.54) is 0 Å². The lowest BCUT2D eigenvalue weighted by Crippen LogP contribution is -2.32. The first-order valence-corrected chi connectivity index (χ1v) is 8.61. The molecular formula is C21H23N5O. The van der Waals surface area contributed by atoms with E-state index in [9.17, 15) is 0 Å². The Morgan fingerprint density at radius 3 is 2.59 bits per heavy atom. The van der Waals surface area contributed by atoms with Gasteiger partial charge in [-0.05, 0) is 6.07 Å². The average molecular weight is 361 g/mol. The van der Waals surface area contributed by atoms with Crippen molar-refractivity contribution in [2.75, 3.05) is 19.5 Å². The van der Waals surface area contributed by atoms with Crippen LogP contribution in [0.2, 0.25) is 0 Å². The van der Waals surface area contributed by atoms with E-state index in [2.05, 4.69) is 16.5 Å². The zero-order chi connectivity index (χ0) is 19.2. The van der Waals surface area contributed by atoms with E-state index in [0.29, 0.717) is 13.2 Å². The first-order valence-electron chi connectivity index (χ1n) is 8.61. The molecule has 138 valence electrons. The summed E-state index contributed by atoms with van der Waals surface area (Å²) >= 11 is 0. The smallest absolute Gasteiger partial charge is 0.221 e. The highest BCUT2D eigenvalue weighted by Crippen LogP contribution is 2.22. The molecule has 3 rings (SSSR count). The summed E-state index contributed by atoms with van der Waals surface area (Å²) in [5.41, 5.74) is 15.3. The number of nitrogens with zero attached hydrogens (tertiary/aromatic N) is 3. The molecule has 0 aliphatic heterocycles. The van der Waals surface area contributed by atoms with E-state index in [0.717, 1.165) is 33.1 Å². The highest BCUT2D eigenvalue weighted by Gasteiger charge is 2.12. The minimum atomic E-state index is 0.221. The Balaban J connectivity index is 2.22. The van der Waals surface area contributed by atoms with Crippen molar-refractivity contribution in [2.24, 2.45) is 5.73 Å². The molecule has 0 spiro atoms. The van der Waals surface area contributed by atoms with Crippen molar-refractivity contribution in [3.05, 3.63) is 65.8 Å². The fourth-order valence-corrected chi connectivity index (χ4v) is 3.01. The third kappa shape index (κ3) is 3.91. The van der Waals surface area contributed by atoms with Gasteiger partial charge in [-0.2, -0.15) is 0 Å². The number of ether oxygens (including phenoxy) is 1. The Labute approximate surface area is 158 Å². The molecule has 0 fully saturated rings. The topological polar surface area (TPSA) is 92.0 Å². The number of anilines is 1. The van der Waals surface area contributed by atoms with Gasteiger partial charge in [-0.3, -0.25) is 0 Å². The van der Waals surface area contributed by atoms with Crippen LogP contribution in [0.3, 0.4) is 0 Å². The Bertz CT molecular complexity index is 1050. The lowest BCUT2D eigenvalue weighted by atomic mass is 10.1. The molecule has 0 amide bonds. The summed E-state index contributed by atoms with van der Waals surface area (Å²) in [7, 11) is 1.67. The lowest BCUT2D eigenvalue weighted by Gasteiger charge is -2.05. The molecule has 0 saturated carbocycles. The molecule has 3 aromatic rings. The summed E-state index contributed by atoms with van der Waals surface area (Å²) in [6.07, 6.45) is 7.23. The van der Waals surface area contributed by atoms with Crippen LogP contribution in [0.4, 0.5) is 5.95 Å². The maximum Gasteiger partial charge on any atom is 0.221 e. The number of nitrogen functional groups attached to an aromatic ring is 1. The van der Waals surface area contributed by atoms with Gasteiger partial charge in [0, 0.05) is 42.4 Å². The number of hydrogen-bond acceptors (Lipinski definition) is 5. The zero-order valence-corrected chi connectivity index (χ0v) is 15.3. The molecule has 0 bridgehead atoms. The maximum absolute atomic E-state index is 6.00. The lowest BCUT2D eigenvalue weighted by molar-refractivity contribution is 0.186. The normalized spacial score (nSPS) is 12.5. The van der Waals surface area contributed by atoms with Crippen LogP contribution in [-0.4, -0.2) is 28.3 Å². The molecule has 6 heteroatoms. The predicted molar refractivity (Wildman–Crippen MR) is 110 cm³/mol. The number of rotatable bonds is 6. The Morgan fingerprint density at radius 2 is 1.93 bits per heavy atom. The molecule has 0 unspecified atom stereocenters. The molecule has 1 aromatic carbocycles. The second kappa shape index (κ2) is 8.33. The molecule has 2 aromatic heterocycles. The number of hydrogen-bond donors (Lipinski definition) is 2. The Hall–Kier alpha value is -3.38. The third-order valence-corrected chi connectivity index (χ3v) is 4.23. The molecule has 27 heavy (non-hydrogen) atoms. The minimum Gasteiger partial charge on any atom is -0.403 e. The van der Waals surface area contributed by atoms with Gasteiger partial charge in [0.2, 0.25) is 5.95 Å². The van der Waals surface area contributed by atoms with Crippen molar-refractivity contribution in [1.29, 1.82) is 0 Å². The third-order valence-electron chi connectivity index (χ3n) is 4.23. The van der Waals surface area contributed by atoms with Crippen LogP contribution in [-0.2, 0) is 11.3 Å². The zero-order valence-electron chi connectivity index (χ0n) is 15.3. The monoisotopic (exact) mass is 361 g/mol. The molecule has 0 radical (unpaired) electrons. The second-order valence-electron chi connectivity index (χ2n) is 5.96. The summed E-state index contributed by atoms with van der Waals surface area (Å²) in [6.45, 7) is 5.06. The van der Waals surface area contributed by atoms with Gasteiger partial charge >= 0.3 is 0 Å². The molecule has 0 aliphatic rings. The van der Waals surface area contributed by atoms with Crippen molar-refractivity contribution in [1.82, 2.24) is 14.5 Å². The molecule has 0 atom stereocenters. The second-order valence-corrected chi connectivity index (χ2v) is 5.96. The van der Waals surface area contributed by atoms with Gasteiger partial charge in [-0.15, -0.1) is 0 Å². The molecule has 0 saturated heterocycles. The fraction of sp³-hybridized carbons (Fsp3) is 0.143. The van der Waals surface area contributed by atoms with Gasteiger partial charge in [-0.1, -0.05) is 49.1 Å². The van der Waals surface area contributed by atoms with Crippen LogP contribution in [0.15, 0.2) is 55.3 Å². The fourth-order valence-electron chi connectivity index (χ4n) is 3.01. The number of methoxy groups -OCH3 is 1. The van der Waals surface area contributed by atoms with E-state index >= 15 is 0 Å². The Kier molecular flexibility index (Phi) is 5.68. The van der Waals surface area contributed by atoms with E-state index < -0.39 is 0 Å². The highest BCUT2D eigenvalue weighted by atomic mass is 16.5. The predicted octanol–water partition coefficient (Wildman–Crippen LogP) is 1.50. The molecule has 6 nitrogen and oxygen atoms in total. The van der Waals surface area contributed by atoms with Crippen LogP contribution in [0.25, 0.3) is 34.8 Å². The van der Waals surface area contributed by atoms with Gasteiger partial charge in [0.15, 0.2) is 0 Å². The van der Waals surface area contributed by atoms with Crippen molar-refractivity contribution in [3.63, 3.8) is 0 Å². The van der Waals surface area contributed by atoms with Crippen molar-refractivity contribution in [3.8, 4) is 22.5 Å². The van der Waals surface area contributed by atoms with Crippen LogP contribution >= 0.6 is 0 Å². The molecular weight excluding hydrogens is 338 g/mol. The van der Waals surface area contributed by atoms with Crippen molar-refractivity contribution >= 4 is 18.2 Å². The first-order chi connectivity index (χ1) is 13.2. The molecule has 2 heterocycles. The first kappa shape index (κ1) is 18.4. The van der Waals surface area contributed by atoms with Gasteiger partial charge < -0.3 is 20.8 Å². The van der Waals surface area contributed by atoms with E-state index in [-0.39, 0.29) is 5.95 Å². The van der Waals surface area contributed by atoms with E-state index in [1.54, 1.807) is 19.4 Å².